The van der Waals surface area contributed by atoms with Gasteiger partial charge in [-0.15, -0.1) is 0 Å². The Labute approximate surface area is 172 Å². The third-order valence-corrected chi connectivity index (χ3v) is 5.51. The highest BCUT2D eigenvalue weighted by Gasteiger charge is 2.22. The largest absolute Gasteiger partial charge is 0.493 e. The van der Waals surface area contributed by atoms with Gasteiger partial charge in [-0.2, -0.15) is 0 Å². The maximum Gasteiger partial charge on any atom is 0.161 e. The topological polar surface area (TPSA) is 47.5 Å². The Kier molecular flexibility index (Phi) is 5.95. The van der Waals surface area contributed by atoms with E-state index in [0.29, 0.717) is 5.92 Å². The first-order chi connectivity index (χ1) is 14.1. The van der Waals surface area contributed by atoms with Crippen LogP contribution in [0.15, 0.2) is 48.8 Å². The summed E-state index contributed by atoms with van der Waals surface area (Å²) in [6, 6.07) is 12.4. The van der Waals surface area contributed by atoms with Crippen molar-refractivity contribution in [1.29, 1.82) is 0 Å². The van der Waals surface area contributed by atoms with Crippen molar-refractivity contribution in [2.75, 3.05) is 20.2 Å². The molecule has 0 radical (unpaired) electrons. The van der Waals surface area contributed by atoms with E-state index in [1.54, 1.807) is 7.11 Å². The fourth-order valence-electron chi connectivity index (χ4n) is 4.01. The number of hydrogen-bond donors (Lipinski definition) is 0. The molecule has 0 spiro atoms. The maximum absolute atomic E-state index is 5.92. The fourth-order valence-corrected chi connectivity index (χ4v) is 4.01. The number of aromatic nitrogens is 2. The quantitative estimate of drug-likeness (QED) is 0.604. The number of nitrogens with zero attached hydrogens (tertiary/aromatic N) is 3. The van der Waals surface area contributed by atoms with E-state index in [-0.39, 0.29) is 6.10 Å². The number of fused-ring (bicyclic) bond motifs is 1. The van der Waals surface area contributed by atoms with Crippen LogP contribution in [0.2, 0.25) is 0 Å². The Hall–Kier alpha value is -2.66. The molecule has 3 heterocycles. The van der Waals surface area contributed by atoms with Crippen molar-refractivity contribution in [3.05, 3.63) is 60.0 Å². The van der Waals surface area contributed by atoms with Crippen molar-refractivity contribution in [1.82, 2.24) is 14.9 Å². The first-order valence-corrected chi connectivity index (χ1v) is 10.4. The summed E-state index contributed by atoms with van der Waals surface area (Å²) < 4.78 is 11.4. The van der Waals surface area contributed by atoms with Crippen molar-refractivity contribution in [2.45, 2.75) is 45.3 Å². The second-order valence-electron chi connectivity index (χ2n) is 8.01. The average molecular weight is 392 g/mol. The van der Waals surface area contributed by atoms with E-state index < -0.39 is 0 Å². The van der Waals surface area contributed by atoms with Crippen molar-refractivity contribution in [3.8, 4) is 11.5 Å². The van der Waals surface area contributed by atoms with Crippen molar-refractivity contribution in [3.63, 3.8) is 0 Å². The van der Waals surface area contributed by atoms with Crippen molar-refractivity contribution in [2.24, 2.45) is 0 Å². The molecule has 152 valence electrons. The summed E-state index contributed by atoms with van der Waals surface area (Å²) in [6.45, 7) is 7.14. The number of pyridine rings is 2. The third kappa shape index (κ3) is 4.67. The minimum absolute atomic E-state index is 0.124. The van der Waals surface area contributed by atoms with Gasteiger partial charge in [-0.3, -0.25) is 14.9 Å². The summed E-state index contributed by atoms with van der Waals surface area (Å²) in [7, 11) is 1.68. The van der Waals surface area contributed by atoms with E-state index in [1.807, 2.05) is 38.4 Å². The van der Waals surface area contributed by atoms with E-state index in [0.717, 1.165) is 54.9 Å². The molecule has 1 aliphatic heterocycles. The molecule has 0 atom stereocenters. The van der Waals surface area contributed by atoms with Crippen LogP contribution in [0.5, 0.6) is 11.5 Å². The molecule has 0 aliphatic carbocycles. The summed E-state index contributed by atoms with van der Waals surface area (Å²) in [5.41, 5.74) is 3.47. The number of rotatable bonds is 6. The van der Waals surface area contributed by atoms with E-state index in [2.05, 4.69) is 34.1 Å². The van der Waals surface area contributed by atoms with Crippen LogP contribution in [0.25, 0.3) is 10.9 Å². The molecule has 0 bridgehead atoms. The molecular weight excluding hydrogens is 362 g/mol. The average Bonchev–Trinajstić information content (AvgIpc) is 2.74. The maximum atomic E-state index is 5.92. The Morgan fingerprint density at radius 3 is 2.66 bits per heavy atom. The normalized spacial score (nSPS) is 15.7. The standard InChI is InChI=1S/C24H29N3O2/c1-17(2)29-24-13-18(6-7-23(24)28-3)16-27-11-8-19(9-12-27)21-14-22-20(15-26-21)5-4-10-25-22/h4-7,10,13-15,17,19H,8-9,11-12,16H2,1-3H3. The van der Waals surface area contributed by atoms with Gasteiger partial charge >= 0.3 is 0 Å². The molecule has 5 nitrogen and oxygen atoms in total. The predicted molar refractivity (Wildman–Crippen MR) is 116 cm³/mol. The first-order valence-electron chi connectivity index (χ1n) is 10.4. The Morgan fingerprint density at radius 1 is 1.07 bits per heavy atom. The summed E-state index contributed by atoms with van der Waals surface area (Å²) in [5.74, 6) is 2.12. The van der Waals surface area contributed by atoms with Gasteiger partial charge in [-0.1, -0.05) is 6.07 Å². The number of methoxy groups -OCH3 is 1. The summed E-state index contributed by atoms with van der Waals surface area (Å²) in [6.07, 6.45) is 6.17. The second-order valence-corrected chi connectivity index (χ2v) is 8.01. The van der Waals surface area contributed by atoms with Gasteiger partial charge in [0.25, 0.3) is 0 Å². The lowest BCUT2D eigenvalue weighted by atomic mass is 9.92. The molecule has 4 rings (SSSR count). The molecule has 1 saturated heterocycles. The lowest BCUT2D eigenvalue weighted by molar-refractivity contribution is 0.201. The van der Waals surface area contributed by atoms with Crippen LogP contribution in [0.4, 0.5) is 0 Å². The summed E-state index contributed by atoms with van der Waals surface area (Å²) in [4.78, 5) is 11.7. The van der Waals surface area contributed by atoms with Gasteiger partial charge in [0, 0.05) is 35.9 Å². The van der Waals surface area contributed by atoms with Crippen LogP contribution in [0, 0.1) is 0 Å². The molecule has 0 saturated carbocycles. The highest BCUT2D eigenvalue weighted by Crippen LogP contribution is 2.32. The zero-order valence-corrected chi connectivity index (χ0v) is 17.5. The van der Waals surface area contributed by atoms with Crippen LogP contribution in [-0.2, 0) is 6.54 Å². The highest BCUT2D eigenvalue weighted by atomic mass is 16.5. The molecule has 0 amide bonds. The molecule has 5 heteroatoms. The summed E-state index contributed by atoms with van der Waals surface area (Å²) >= 11 is 0. The van der Waals surface area contributed by atoms with Gasteiger partial charge in [0.15, 0.2) is 11.5 Å². The Balaban J connectivity index is 1.39. The molecule has 0 unspecified atom stereocenters. The zero-order chi connectivity index (χ0) is 20.2. The lowest BCUT2D eigenvalue weighted by Gasteiger charge is -2.32. The van der Waals surface area contributed by atoms with Gasteiger partial charge in [-0.05, 0) is 75.7 Å². The molecule has 0 N–H and O–H groups in total. The fraction of sp³-hybridized carbons (Fsp3) is 0.417. The number of likely N-dealkylation sites (tertiary alicyclic amines) is 1. The van der Waals surface area contributed by atoms with Gasteiger partial charge in [0.1, 0.15) is 0 Å². The first kappa shape index (κ1) is 19.6. The third-order valence-electron chi connectivity index (χ3n) is 5.51. The number of ether oxygens (including phenoxy) is 2. The monoisotopic (exact) mass is 391 g/mol. The highest BCUT2D eigenvalue weighted by molar-refractivity contribution is 5.77. The number of hydrogen-bond acceptors (Lipinski definition) is 5. The molecule has 1 fully saturated rings. The minimum Gasteiger partial charge on any atom is -0.493 e. The smallest absolute Gasteiger partial charge is 0.161 e. The van der Waals surface area contributed by atoms with Crippen LogP contribution in [-0.4, -0.2) is 41.2 Å². The minimum atomic E-state index is 0.124. The molecule has 1 aromatic carbocycles. The van der Waals surface area contributed by atoms with Gasteiger partial charge in [0.2, 0.25) is 0 Å². The molecule has 1 aliphatic rings. The van der Waals surface area contributed by atoms with Gasteiger partial charge < -0.3 is 9.47 Å². The van der Waals surface area contributed by atoms with Crippen LogP contribution >= 0.6 is 0 Å². The predicted octanol–water partition coefficient (Wildman–Crippen LogP) is 4.81. The van der Waals surface area contributed by atoms with Crippen LogP contribution in [0.3, 0.4) is 0 Å². The Bertz CT molecular complexity index is 965. The second kappa shape index (κ2) is 8.78. The SMILES string of the molecule is COc1ccc(CN2CCC(c3cc4ncccc4cn3)CC2)cc1OC(C)C. The van der Waals surface area contributed by atoms with Gasteiger partial charge in [-0.25, -0.2) is 0 Å². The van der Waals surface area contributed by atoms with Crippen molar-refractivity contribution >= 4 is 10.9 Å². The Morgan fingerprint density at radius 2 is 1.90 bits per heavy atom. The molecular formula is C24H29N3O2. The zero-order valence-electron chi connectivity index (χ0n) is 17.5. The molecule has 2 aromatic heterocycles. The number of benzene rings is 1. The number of piperidine rings is 1. The summed E-state index contributed by atoms with van der Waals surface area (Å²) in [5, 5.41) is 1.10. The lowest BCUT2D eigenvalue weighted by Crippen LogP contribution is -2.32. The van der Waals surface area contributed by atoms with E-state index in [9.17, 15) is 0 Å². The van der Waals surface area contributed by atoms with Crippen LogP contribution in [0.1, 0.15) is 43.9 Å². The van der Waals surface area contributed by atoms with E-state index >= 15 is 0 Å². The van der Waals surface area contributed by atoms with E-state index in [4.69, 9.17) is 14.5 Å². The molecule has 3 aromatic rings. The van der Waals surface area contributed by atoms with Crippen molar-refractivity contribution < 1.29 is 9.47 Å². The molecule has 29 heavy (non-hydrogen) atoms. The van der Waals surface area contributed by atoms with Gasteiger partial charge in [0.05, 0.1) is 18.7 Å². The van der Waals surface area contributed by atoms with E-state index in [1.165, 1.54) is 11.3 Å². The van der Waals surface area contributed by atoms with Crippen LogP contribution < -0.4 is 9.47 Å².